The van der Waals surface area contributed by atoms with Crippen molar-refractivity contribution in [3.63, 3.8) is 0 Å². The van der Waals surface area contributed by atoms with Crippen LogP contribution in [0.1, 0.15) is 18.9 Å². The van der Waals surface area contributed by atoms with Crippen LogP contribution < -0.4 is 10.3 Å². The summed E-state index contributed by atoms with van der Waals surface area (Å²) in [6.45, 7) is 2.54. The quantitative estimate of drug-likeness (QED) is 0.845. The van der Waals surface area contributed by atoms with Crippen molar-refractivity contribution in [2.24, 2.45) is 5.92 Å². The Hall–Kier alpha value is -3.05. The highest BCUT2D eigenvalue weighted by atomic mass is 35.5. The molecule has 2 aromatic rings. The lowest BCUT2D eigenvalue weighted by Gasteiger charge is -2.35. The number of nitriles is 1. The average Bonchev–Trinajstić information content (AvgIpc) is 2.65. The lowest BCUT2D eigenvalue weighted by Crippen LogP contribution is -2.46. The molecule has 3 rings (SSSR count). The normalized spacial score (nSPS) is 19.1. The molecule has 28 heavy (non-hydrogen) atoms. The van der Waals surface area contributed by atoms with Crippen molar-refractivity contribution in [1.29, 1.82) is 5.26 Å². The lowest BCUT2D eigenvalue weighted by atomic mass is 9.97. The van der Waals surface area contributed by atoms with E-state index < -0.39 is 17.5 Å². The number of hydrogen-bond acceptors (Lipinski definition) is 4. The molecule has 1 saturated heterocycles. The van der Waals surface area contributed by atoms with Crippen LogP contribution in [0.5, 0.6) is 5.75 Å². The number of piperidine rings is 1. The summed E-state index contributed by atoms with van der Waals surface area (Å²) in [5.74, 6) is -0.615. The van der Waals surface area contributed by atoms with Crippen molar-refractivity contribution in [1.82, 2.24) is 9.47 Å². The van der Waals surface area contributed by atoms with Crippen LogP contribution in [0.2, 0.25) is 5.02 Å². The number of amides is 1. The second-order valence-corrected chi connectivity index (χ2v) is 7.03. The van der Waals surface area contributed by atoms with Gasteiger partial charge in [0.15, 0.2) is 0 Å². The first-order valence-corrected chi connectivity index (χ1v) is 8.94. The van der Waals surface area contributed by atoms with Crippen LogP contribution in [0, 0.1) is 23.1 Å². The molecule has 1 aromatic heterocycles. The van der Waals surface area contributed by atoms with Gasteiger partial charge in [-0.05, 0) is 18.2 Å². The summed E-state index contributed by atoms with van der Waals surface area (Å²) in [6, 6.07) is 6.75. The first-order valence-electron chi connectivity index (χ1n) is 8.57. The Bertz CT molecular complexity index is 1020. The van der Waals surface area contributed by atoms with Gasteiger partial charge in [-0.25, -0.2) is 9.18 Å². The fourth-order valence-electron chi connectivity index (χ4n) is 3.16. The van der Waals surface area contributed by atoms with Crippen molar-refractivity contribution < 1.29 is 19.0 Å². The van der Waals surface area contributed by atoms with Crippen molar-refractivity contribution in [2.45, 2.75) is 19.4 Å². The standard InChI is InChI=1S/C19H17ClFN3O4/c1-11-9-23(19(26)27)5-4-16(11)28-17-7-18(25)24(10-14(17)20)13-3-2-12(8-22)15(21)6-13/h2-3,6-7,10-11,16H,4-5,9H2,1H3,(H,26,27). The Balaban J connectivity index is 1.83. The molecule has 1 amide bonds. The van der Waals surface area contributed by atoms with E-state index in [1.165, 1.54) is 29.3 Å². The molecule has 9 heteroatoms. The molecule has 0 saturated carbocycles. The van der Waals surface area contributed by atoms with Gasteiger partial charge in [0.2, 0.25) is 0 Å². The first kappa shape index (κ1) is 19.7. The van der Waals surface area contributed by atoms with E-state index in [1.807, 2.05) is 6.92 Å². The minimum atomic E-state index is -0.972. The van der Waals surface area contributed by atoms with Crippen molar-refractivity contribution >= 4 is 17.7 Å². The molecule has 1 N–H and O–H groups in total. The molecule has 7 nitrogen and oxygen atoms in total. The maximum Gasteiger partial charge on any atom is 0.407 e. The molecule has 2 atom stereocenters. The number of likely N-dealkylation sites (tertiary alicyclic amines) is 1. The molecular weight excluding hydrogens is 389 g/mol. The molecule has 2 heterocycles. The Labute approximate surface area is 165 Å². The van der Waals surface area contributed by atoms with Gasteiger partial charge >= 0.3 is 6.09 Å². The molecule has 1 aliphatic rings. The highest BCUT2D eigenvalue weighted by Gasteiger charge is 2.30. The smallest absolute Gasteiger partial charge is 0.407 e. The van der Waals surface area contributed by atoms with Gasteiger partial charge in [-0.3, -0.25) is 9.36 Å². The summed E-state index contributed by atoms with van der Waals surface area (Å²) in [5, 5.41) is 18.1. The number of nitrogens with zero attached hydrogens (tertiary/aromatic N) is 3. The average molecular weight is 406 g/mol. The summed E-state index contributed by atoms with van der Waals surface area (Å²) in [5.41, 5.74) is -0.359. The van der Waals surface area contributed by atoms with E-state index in [0.29, 0.717) is 19.5 Å². The van der Waals surface area contributed by atoms with E-state index in [-0.39, 0.29) is 34.0 Å². The Morgan fingerprint density at radius 3 is 2.79 bits per heavy atom. The van der Waals surface area contributed by atoms with Crippen LogP contribution >= 0.6 is 11.6 Å². The fraction of sp³-hybridized carbons (Fsp3) is 0.316. The Morgan fingerprint density at radius 2 is 2.18 bits per heavy atom. The van der Waals surface area contributed by atoms with Crippen molar-refractivity contribution in [3.8, 4) is 17.5 Å². The molecule has 0 aliphatic carbocycles. The van der Waals surface area contributed by atoms with E-state index in [9.17, 15) is 14.0 Å². The maximum absolute atomic E-state index is 13.8. The summed E-state index contributed by atoms with van der Waals surface area (Å²) in [7, 11) is 0. The monoisotopic (exact) mass is 405 g/mol. The number of halogens is 2. The molecule has 2 unspecified atom stereocenters. The summed E-state index contributed by atoms with van der Waals surface area (Å²) < 4.78 is 20.9. The third-order valence-corrected chi connectivity index (χ3v) is 4.98. The zero-order chi connectivity index (χ0) is 20.4. The van der Waals surface area contributed by atoms with Crippen molar-refractivity contribution in [3.05, 3.63) is 57.2 Å². The van der Waals surface area contributed by atoms with Crippen LogP contribution in [0.15, 0.2) is 35.3 Å². The van der Waals surface area contributed by atoms with Gasteiger partial charge in [0, 0.05) is 37.7 Å². The molecule has 1 aromatic carbocycles. The van der Waals surface area contributed by atoms with Gasteiger partial charge in [-0.2, -0.15) is 5.26 Å². The summed E-state index contributed by atoms with van der Waals surface area (Å²) in [6.07, 6.45) is 0.557. The lowest BCUT2D eigenvalue weighted by molar-refractivity contribution is 0.0519. The van der Waals surface area contributed by atoms with Crippen LogP contribution in [-0.2, 0) is 0 Å². The fourth-order valence-corrected chi connectivity index (χ4v) is 3.36. The predicted octanol–water partition coefficient (Wildman–Crippen LogP) is 3.27. The maximum atomic E-state index is 13.8. The Kier molecular flexibility index (Phi) is 5.56. The highest BCUT2D eigenvalue weighted by molar-refractivity contribution is 6.31. The van der Waals surface area contributed by atoms with Gasteiger partial charge in [0.25, 0.3) is 5.56 Å². The SMILES string of the molecule is CC1CN(C(=O)O)CCC1Oc1cc(=O)n(-c2ccc(C#N)c(F)c2)cc1Cl. The zero-order valence-electron chi connectivity index (χ0n) is 14.9. The summed E-state index contributed by atoms with van der Waals surface area (Å²) >= 11 is 6.26. The predicted molar refractivity (Wildman–Crippen MR) is 99.5 cm³/mol. The molecule has 0 spiro atoms. The van der Waals surface area contributed by atoms with E-state index in [2.05, 4.69) is 0 Å². The van der Waals surface area contributed by atoms with Crippen molar-refractivity contribution in [2.75, 3.05) is 13.1 Å². The second kappa shape index (κ2) is 7.90. The van der Waals surface area contributed by atoms with Crippen LogP contribution in [0.4, 0.5) is 9.18 Å². The molecule has 1 aliphatic heterocycles. The summed E-state index contributed by atoms with van der Waals surface area (Å²) in [4.78, 5) is 24.9. The first-order chi connectivity index (χ1) is 13.3. The number of pyridine rings is 1. The third kappa shape index (κ3) is 3.94. The van der Waals surface area contributed by atoms with Crippen LogP contribution in [0.25, 0.3) is 5.69 Å². The number of carbonyl (C=O) groups is 1. The van der Waals surface area contributed by atoms with E-state index in [4.69, 9.17) is 26.7 Å². The number of benzene rings is 1. The highest BCUT2D eigenvalue weighted by Crippen LogP contribution is 2.28. The van der Waals surface area contributed by atoms with Gasteiger partial charge in [-0.15, -0.1) is 0 Å². The van der Waals surface area contributed by atoms with E-state index >= 15 is 0 Å². The number of ether oxygens (including phenoxy) is 1. The topological polar surface area (TPSA) is 95.6 Å². The molecule has 146 valence electrons. The second-order valence-electron chi connectivity index (χ2n) is 6.62. The van der Waals surface area contributed by atoms with Crippen LogP contribution in [-0.4, -0.2) is 39.9 Å². The molecular formula is C19H17ClFN3O4. The van der Waals surface area contributed by atoms with E-state index in [1.54, 1.807) is 6.07 Å². The van der Waals surface area contributed by atoms with Crippen LogP contribution in [0.3, 0.4) is 0 Å². The van der Waals surface area contributed by atoms with Gasteiger partial charge < -0.3 is 14.7 Å². The number of aromatic nitrogens is 1. The number of hydrogen-bond donors (Lipinski definition) is 1. The van der Waals surface area contributed by atoms with E-state index in [0.717, 1.165) is 10.6 Å². The van der Waals surface area contributed by atoms with Gasteiger partial charge in [0.05, 0.1) is 16.3 Å². The molecule has 0 radical (unpaired) electrons. The minimum Gasteiger partial charge on any atom is -0.488 e. The number of carboxylic acid groups (broad SMARTS) is 1. The van der Waals surface area contributed by atoms with Gasteiger partial charge in [-0.1, -0.05) is 18.5 Å². The molecule has 1 fully saturated rings. The van der Waals surface area contributed by atoms with Gasteiger partial charge in [0.1, 0.15) is 23.7 Å². The number of rotatable bonds is 3. The Morgan fingerprint density at radius 1 is 1.43 bits per heavy atom. The minimum absolute atomic E-state index is 0.0732. The third-order valence-electron chi connectivity index (χ3n) is 4.70. The zero-order valence-corrected chi connectivity index (χ0v) is 15.7. The molecule has 0 bridgehead atoms. The largest absolute Gasteiger partial charge is 0.488 e.